The number of anilines is 1. The Bertz CT molecular complexity index is 645. The Morgan fingerprint density at radius 2 is 2.19 bits per heavy atom. The SMILES string of the molecule is CCOc1ccc(NC(C)c2ccc(Cl)s2)c([N+](=O)[O-])c1. The summed E-state index contributed by atoms with van der Waals surface area (Å²) in [6.07, 6.45) is 0. The summed E-state index contributed by atoms with van der Waals surface area (Å²) in [4.78, 5) is 11.8. The van der Waals surface area contributed by atoms with E-state index < -0.39 is 4.92 Å². The van der Waals surface area contributed by atoms with Gasteiger partial charge in [0.25, 0.3) is 5.69 Å². The second-order valence-corrected chi connectivity index (χ2v) is 6.12. The quantitative estimate of drug-likeness (QED) is 0.607. The molecule has 1 heterocycles. The van der Waals surface area contributed by atoms with Crippen LogP contribution in [0.2, 0.25) is 4.34 Å². The van der Waals surface area contributed by atoms with Crippen molar-refractivity contribution in [3.8, 4) is 5.75 Å². The van der Waals surface area contributed by atoms with Crippen molar-refractivity contribution in [2.45, 2.75) is 19.9 Å². The second-order valence-electron chi connectivity index (χ2n) is 4.38. The zero-order valence-electron chi connectivity index (χ0n) is 11.6. The Hall–Kier alpha value is -1.79. The second kappa shape index (κ2) is 6.78. The van der Waals surface area contributed by atoms with Crippen LogP contribution in [0.25, 0.3) is 0 Å². The lowest BCUT2D eigenvalue weighted by Gasteiger charge is -2.14. The molecule has 0 aliphatic carbocycles. The van der Waals surface area contributed by atoms with Crippen molar-refractivity contribution >= 4 is 34.3 Å². The highest BCUT2D eigenvalue weighted by Crippen LogP contribution is 2.34. The first kappa shape index (κ1) is 15.6. The highest BCUT2D eigenvalue weighted by molar-refractivity contribution is 7.16. The molecule has 2 rings (SSSR count). The molecule has 1 N–H and O–H groups in total. The molecule has 1 aromatic carbocycles. The molecule has 1 atom stereocenters. The van der Waals surface area contributed by atoms with Gasteiger partial charge in [-0.2, -0.15) is 0 Å². The molecular weight excluding hydrogens is 312 g/mol. The van der Waals surface area contributed by atoms with Gasteiger partial charge in [-0.15, -0.1) is 11.3 Å². The maximum atomic E-state index is 11.2. The van der Waals surface area contributed by atoms with Crippen molar-refractivity contribution < 1.29 is 9.66 Å². The summed E-state index contributed by atoms with van der Waals surface area (Å²) in [5.74, 6) is 0.488. The number of hydrogen-bond acceptors (Lipinski definition) is 5. The third-order valence-corrected chi connectivity index (χ3v) is 4.28. The molecule has 2 aromatic rings. The average molecular weight is 327 g/mol. The summed E-state index contributed by atoms with van der Waals surface area (Å²) in [6.45, 7) is 4.23. The molecule has 0 spiro atoms. The van der Waals surface area contributed by atoms with Crippen molar-refractivity contribution in [1.29, 1.82) is 0 Å². The van der Waals surface area contributed by atoms with Crippen molar-refractivity contribution in [2.24, 2.45) is 0 Å². The summed E-state index contributed by atoms with van der Waals surface area (Å²) < 4.78 is 5.99. The molecule has 0 aliphatic rings. The van der Waals surface area contributed by atoms with E-state index >= 15 is 0 Å². The van der Waals surface area contributed by atoms with Gasteiger partial charge in [0.15, 0.2) is 0 Å². The first-order valence-electron chi connectivity index (χ1n) is 6.44. The fourth-order valence-electron chi connectivity index (χ4n) is 1.91. The monoisotopic (exact) mass is 326 g/mol. The predicted octanol–water partition coefficient (Wildman–Crippen LogP) is 4.88. The number of hydrogen-bond donors (Lipinski definition) is 1. The molecule has 1 unspecified atom stereocenters. The summed E-state index contributed by atoms with van der Waals surface area (Å²) in [5, 5.41) is 14.3. The van der Waals surface area contributed by atoms with E-state index in [1.165, 1.54) is 17.4 Å². The first-order valence-corrected chi connectivity index (χ1v) is 7.63. The average Bonchev–Trinajstić information content (AvgIpc) is 2.87. The van der Waals surface area contributed by atoms with Gasteiger partial charge in [0.1, 0.15) is 11.4 Å². The van der Waals surface area contributed by atoms with Crippen molar-refractivity contribution in [3.63, 3.8) is 0 Å². The summed E-state index contributed by atoms with van der Waals surface area (Å²) in [5.41, 5.74) is 0.455. The zero-order valence-corrected chi connectivity index (χ0v) is 13.2. The Kier molecular flexibility index (Phi) is 5.03. The molecule has 21 heavy (non-hydrogen) atoms. The Labute approximate surface area is 131 Å². The molecule has 0 fully saturated rings. The third kappa shape index (κ3) is 3.86. The summed E-state index contributed by atoms with van der Waals surface area (Å²) >= 11 is 7.36. The molecule has 0 aliphatic heterocycles. The van der Waals surface area contributed by atoms with E-state index in [2.05, 4.69) is 5.32 Å². The fourth-order valence-corrected chi connectivity index (χ4v) is 2.97. The highest BCUT2D eigenvalue weighted by Gasteiger charge is 2.18. The number of nitro groups is 1. The lowest BCUT2D eigenvalue weighted by Crippen LogP contribution is -2.07. The Morgan fingerprint density at radius 1 is 1.43 bits per heavy atom. The van der Waals surface area contributed by atoms with Crippen LogP contribution in [0, 0.1) is 10.1 Å². The normalized spacial score (nSPS) is 12.0. The van der Waals surface area contributed by atoms with E-state index in [0.29, 0.717) is 22.4 Å². The zero-order chi connectivity index (χ0) is 15.4. The molecule has 0 bridgehead atoms. The van der Waals surface area contributed by atoms with E-state index in [1.54, 1.807) is 12.1 Å². The molecule has 0 radical (unpaired) electrons. The van der Waals surface area contributed by atoms with Gasteiger partial charge in [0.2, 0.25) is 0 Å². The highest BCUT2D eigenvalue weighted by atomic mass is 35.5. The number of halogens is 1. The van der Waals surface area contributed by atoms with Crippen molar-refractivity contribution in [1.82, 2.24) is 0 Å². The minimum atomic E-state index is -0.418. The maximum Gasteiger partial charge on any atom is 0.296 e. The number of benzene rings is 1. The first-order chi connectivity index (χ1) is 10.0. The van der Waals surface area contributed by atoms with E-state index in [4.69, 9.17) is 16.3 Å². The van der Waals surface area contributed by atoms with E-state index in [1.807, 2.05) is 26.0 Å². The van der Waals surface area contributed by atoms with E-state index in [9.17, 15) is 10.1 Å². The predicted molar refractivity (Wildman–Crippen MR) is 85.6 cm³/mol. The van der Waals surface area contributed by atoms with Crippen LogP contribution in [0.3, 0.4) is 0 Å². The molecule has 1 aromatic heterocycles. The standard InChI is InChI=1S/C14H15ClN2O3S/c1-3-20-10-4-5-11(12(8-10)17(18)19)16-9(2)13-6-7-14(15)21-13/h4-9,16H,3H2,1-2H3. The topological polar surface area (TPSA) is 64.4 Å². The van der Waals surface area contributed by atoms with Crippen LogP contribution in [0.15, 0.2) is 30.3 Å². The number of rotatable bonds is 6. The van der Waals surface area contributed by atoms with Crippen molar-refractivity contribution in [3.05, 3.63) is 49.7 Å². The van der Waals surface area contributed by atoms with Gasteiger partial charge in [0, 0.05) is 4.88 Å². The number of nitrogens with zero attached hydrogens (tertiary/aromatic N) is 1. The van der Waals surface area contributed by atoms with Gasteiger partial charge in [-0.3, -0.25) is 10.1 Å². The van der Waals surface area contributed by atoms with Crippen LogP contribution >= 0.6 is 22.9 Å². The van der Waals surface area contributed by atoms with Gasteiger partial charge < -0.3 is 10.1 Å². The molecule has 0 amide bonds. The van der Waals surface area contributed by atoms with Gasteiger partial charge in [-0.05, 0) is 38.1 Å². The molecule has 5 nitrogen and oxygen atoms in total. The summed E-state index contributed by atoms with van der Waals surface area (Å²) in [6, 6.07) is 8.46. The van der Waals surface area contributed by atoms with Gasteiger partial charge in [0.05, 0.1) is 28.0 Å². The molecule has 0 saturated carbocycles. The molecule has 7 heteroatoms. The maximum absolute atomic E-state index is 11.2. The minimum absolute atomic E-state index is 0.00421. The minimum Gasteiger partial charge on any atom is -0.494 e. The van der Waals surface area contributed by atoms with Gasteiger partial charge in [-0.1, -0.05) is 11.6 Å². The van der Waals surface area contributed by atoms with Crippen LogP contribution in [0.5, 0.6) is 5.75 Å². The number of nitro benzene ring substituents is 1. The van der Waals surface area contributed by atoms with Crippen LogP contribution < -0.4 is 10.1 Å². The fraction of sp³-hybridized carbons (Fsp3) is 0.286. The molecule has 112 valence electrons. The smallest absolute Gasteiger partial charge is 0.296 e. The van der Waals surface area contributed by atoms with E-state index in [-0.39, 0.29) is 11.7 Å². The van der Waals surface area contributed by atoms with Crippen LogP contribution in [-0.2, 0) is 0 Å². The number of nitrogens with one attached hydrogen (secondary N) is 1. The van der Waals surface area contributed by atoms with E-state index in [0.717, 1.165) is 4.88 Å². The Balaban J connectivity index is 2.24. The lowest BCUT2D eigenvalue weighted by molar-refractivity contribution is -0.384. The molecular formula is C14H15ClN2O3S. The van der Waals surface area contributed by atoms with Crippen LogP contribution in [0.4, 0.5) is 11.4 Å². The van der Waals surface area contributed by atoms with Gasteiger partial charge >= 0.3 is 0 Å². The van der Waals surface area contributed by atoms with Crippen LogP contribution in [0.1, 0.15) is 24.8 Å². The Morgan fingerprint density at radius 3 is 2.76 bits per heavy atom. The van der Waals surface area contributed by atoms with Crippen molar-refractivity contribution in [2.75, 3.05) is 11.9 Å². The largest absolute Gasteiger partial charge is 0.494 e. The summed E-state index contributed by atoms with van der Waals surface area (Å²) in [7, 11) is 0. The number of thiophene rings is 1. The van der Waals surface area contributed by atoms with Crippen LogP contribution in [-0.4, -0.2) is 11.5 Å². The molecule has 0 saturated heterocycles. The third-order valence-electron chi connectivity index (χ3n) is 2.87. The van der Waals surface area contributed by atoms with Gasteiger partial charge in [-0.25, -0.2) is 0 Å². The lowest BCUT2D eigenvalue weighted by atomic mass is 10.2. The number of ether oxygens (including phenoxy) is 1.